The molecule has 0 spiro atoms. The lowest BCUT2D eigenvalue weighted by molar-refractivity contribution is 0.429. The monoisotopic (exact) mass is 265 g/mol. The fourth-order valence-corrected chi connectivity index (χ4v) is 1.81. The molecule has 0 aliphatic carbocycles. The van der Waals surface area contributed by atoms with Gasteiger partial charge in [0.15, 0.2) is 5.69 Å². The van der Waals surface area contributed by atoms with Crippen LogP contribution < -0.4 is 0 Å². The number of thiazole rings is 1. The summed E-state index contributed by atoms with van der Waals surface area (Å²) in [7, 11) is 0. The van der Waals surface area contributed by atoms with E-state index in [2.05, 4.69) is 31.1 Å². The maximum absolute atomic E-state index is 5.47. The van der Waals surface area contributed by atoms with E-state index in [-0.39, 0.29) is 5.28 Å². The third-order valence-electron chi connectivity index (χ3n) is 1.13. The van der Waals surface area contributed by atoms with Crippen molar-refractivity contribution < 1.29 is 4.52 Å². The molecule has 0 saturated carbocycles. The molecule has 2 heterocycles. The number of hydrogen-bond acceptors (Lipinski definition) is 5. The molecule has 0 unspecified atom stereocenters. The van der Waals surface area contributed by atoms with Gasteiger partial charge in [0.25, 0.3) is 11.2 Å². The van der Waals surface area contributed by atoms with Gasteiger partial charge in [-0.05, 0) is 32.7 Å². The second-order valence-electron chi connectivity index (χ2n) is 1.84. The van der Waals surface area contributed by atoms with E-state index < -0.39 is 0 Å². The normalized spacial score (nSPS) is 10.5. The maximum atomic E-state index is 5.47. The predicted molar refractivity (Wildman–Crippen MR) is 48.1 cm³/mol. The van der Waals surface area contributed by atoms with Crippen LogP contribution in [0.4, 0.5) is 0 Å². The standard InChI is InChI=1S/C5HBrClN3OS/c6-3-2(8-1-12-3)4-9-5(7)10-11-4/h1H. The van der Waals surface area contributed by atoms with Crippen molar-refractivity contribution in [3.8, 4) is 11.6 Å². The first-order valence-corrected chi connectivity index (χ1v) is 4.91. The van der Waals surface area contributed by atoms with Crippen molar-refractivity contribution in [2.45, 2.75) is 0 Å². The molecule has 2 aromatic heterocycles. The Morgan fingerprint density at radius 2 is 2.42 bits per heavy atom. The van der Waals surface area contributed by atoms with Crippen LogP contribution in [0.1, 0.15) is 0 Å². The van der Waals surface area contributed by atoms with Crippen molar-refractivity contribution in [1.82, 2.24) is 15.1 Å². The average molecular weight is 267 g/mol. The van der Waals surface area contributed by atoms with Crippen molar-refractivity contribution in [1.29, 1.82) is 0 Å². The predicted octanol–water partition coefficient (Wildman–Crippen LogP) is 2.61. The average Bonchev–Trinajstić information content (AvgIpc) is 2.58. The van der Waals surface area contributed by atoms with Gasteiger partial charge in [0, 0.05) is 0 Å². The lowest BCUT2D eigenvalue weighted by Crippen LogP contribution is -1.76. The van der Waals surface area contributed by atoms with E-state index in [1.807, 2.05) is 0 Å². The van der Waals surface area contributed by atoms with Crippen LogP contribution in [0.25, 0.3) is 11.6 Å². The van der Waals surface area contributed by atoms with Crippen LogP contribution in [0.5, 0.6) is 0 Å². The summed E-state index contributed by atoms with van der Waals surface area (Å²) in [5.74, 6) is 0.327. The summed E-state index contributed by atoms with van der Waals surface area (Å²) in [4.78, 5) is 7.83. The SMILES string of the molecule is Clc1noc(-c2ncsc2Br)n1. The second kappa shape index (κ2) is 3.12. The Morgan fingerprint density at radius 1 is 1.58 bits per heavy atom. The Kier molecular flexibility index (Phi) is 2.12. The first kappa shape index (κ1) is 8.15. The van der Waals surface area contributed by atoms with Gasteiger partial charge in [0.1, 0.15) is 3.79 Å². The summed E-state index contributed by atoms with van der Waals surface area (Å²) in [6, 6.07) is 0. The lowest BCUT2D eigenvalue weighted by Gasteiger charge is -1.84. The van der Waals surface area contributed by atoms with Gasteiger partial charge in [-0.25, -0.2) is 4.98 Å². The third-order valence-corrected chi connectivity index (χ3v) is 2.83. The van der Waals surface area contributed by atoms with Crippen LogP contribution >= 0.6 is 38.9 Å². The Bertz CT molecular complexity index is 401. The zero-order valence-corrected chi connectivity index (χ0v) is 8.65. The molecule has 0 saturated heterocycles. The van der Waals surface area contributed by atoms with Crippen molar-refractivity contribution in [3.05, 3.63) is 14.6 Å². The molecule has 0 atom stereocenters. The quantitative estimate of drug-likeness (QED) is 0.796. The molecule has 0 radical (unpaired) electrons. The van der Waals surface area contributed by atoms with E-state index in [0.717, 1.165) is 3.79 Å². The molecular formula is C5HBrClN3OS. The van der Waals surface area contributed by atoms with E-state index in [1.165, 1.54) is 11.3 Å². The molecule has 62 valence electrons. The van der Waals surface area contributed by atoms with Crippen LogP contribution in [-0.2, 0) is 0 Å². The molecule has 0 N–H and O–H groups in total. The van der Waals surface area contributed by atoms with Crippen molar-refractivity contribution in [2.75, 3.05) is 0 Å². The van der Waals surface area contributed by atoms with Crippen molar-refractivity contribution >= 4 is 38.9 Å². The summed E-state index contributed by atoms with van der Waals surface area (Å²) in [5, 5.41) is 3.52. The smallest absolute Gasteiger partial charge is 0.279 e. The number of aromatic nitrogens is 3. The highest BCUT2D eigenvalue weighted by atomic mass is 79.9. The number of hydrogen-bond donors (Lipinski definition) is 0. The summed E-state index contributed by atoms with van der Waals surface area (Å²) in [6.07, 6.45) is 0. The maximum Gasteiger partial charge on any atom is 0.279 e. The lowest BCUT2D eigenvalue weighted by atomic mass is 10.5. The molecule has 2 rings (SSSR count). The molecule has 7 heteroatoms. The molecule has 0 bridgehead atoms. The van der Waals surface area contributed by atoms with Gasteiger partial charge in [-0.15, -0.1) is 11.3 Å². The van der Waals surface area contributed by atoms with Gasteiger partial charge >= 0.3 is 0 Å². The van der Waals surface area contributed by atoms with E-state index in [0.29, 0.717) is 11.6 Å². The second-order valence-corrected chi connectivity index (χ2v) is 4.35. The molecule has 0 aliphatic heterocycles. The molecule has 0 aliphatic rings. The fraction of sp³-hybridized carbons (Fsp3) is 0. The Morgan fingerprint density at radius 3 is 2.92 bits per heavy atom. The highest BCUT2D eigenvalue weighted by Gasteiger charge is 2.13. The minimum Gasteiger partial charge on any atom is -0.331 e. The minimum absolute atomic E-state index is 0.0879. The topological polar surface area (TPSA) is 51.8 Å². The fourth-order valence-electron chi connectivity index (χ4n) is 0.673. The van der Waals surface area contributed by atoms with Gasteiger partial charge < -0.3 is 4.52 Å². The van der Waals surface area contributed by atoms with Gasteiger partial charge in [0.2, 0.25) is 0 Å². The summed E-state index contributed by atoms with van der Waals surface area (Å²) in [6.45, 7) is 0. The molecule has 12 heavy (non-hydrogen) atoms. The van der Waals surface area contributed by atoms with Crippen LogP contribution in [0.3, 0.4) is 0 Å². The number of rotatable bonds is 1. The zero-order chi connectivity index (χ0) is 8.55. The van der Waals surface area contributed by atoms with Gasteiger partial charge in [0.05, 0.1) is 5.51 Å². The minimum atomic E-state index is 0.0879. The first-order chi connectivity index (χ1) is 5.77. The largest absolute Gasteiger partial charge is 0.331 e. The molecule has 0 aromatic carbocycles. The molecular weight excluding hydrogens is 265 g/mol. The van der Waals surface area contributed by atoms with Crippen LogP contribution in [0.2, 0.25) is 5.28 Å². The number of nitrogens with zero attached hydrogens (tertiary/aromatic N) is 3. The summed E-state index contributed by atoms with van der Waals surface area (Å²) >= 11 is 10.2. The molecule has 0 fully saturated rings. The first-order valence-electron chi connectivity index (χ1n) is 2.86. The van der Waals surface area contributed by atoms with Crippen LogP contribution in [0.15, 0.2) is 13.8 Å². The van der Waals surface area contributed by atoms with Crippen LogP contribution in [-0.4, -0.2) is 15.1 Å². The summed E-state index contributed by atoms with van der Waals surface area (Å²) < 4.78 is 5.66. The summed E-state index contributed by atoms with van der Waals surface area (Å²) in [5.41, 5.74) is 2.30. The third kappa shape index (κ3) is 1.37. The molecule has 4 nitrogen and oxygen atoms in total. The highest BCUT2D eigenvalue weighted by Crippen LogP contribution is 2.29. The van der Waals surface area contributed by atoms with E-state index in [9.17, 15) is 0 Å². The van der Waals surface area contributed by atoms with E-state index in [4.69, 9.17) is 16.1 Å². The van der Waals surface area contributed by atoms with Gasteiger partial charge in [-0.2, -0.15) is 4.98 Å². The Balaban J connectivity index is 2.50. The van der Waals surface area contributed by atoms with E-state index in [1.54, 1.807) is 5.51 Å². The number of halogens is 2. The van der Waals surface area contributed by atoms with Crippen LogP contribution in [0, 0.1) is 0 Å². The van der Waals surface area contributed by atoms with Gasteiger partial charge in [-0.3, -0.25) is 0 Å². The molecule has 0 amide bonds. The molecule has 2 aromatic rings. The highest BCUT2D eigenvalue weighted by molar-refractivity contribution is 9.11. The van der Waals surface area contributed by atoms with Gasteiger partial charge in [-0.1, -0.05) is 0 Å². The Hall–Kier alpha value is -0.460. The van der Waals surface area contributed by atoms with Crippen molar-refractivity contribution in [2.24, 2.45) is 0 Å². The van der Waals surface area contributed by atoms with E-state index >= 15 is 0 Å². The zero-order valence-electron chi connectivity index (χ0n) is 5.49. The van der Waals surface area contributed by atoms with Crippen molar-refractivity contribution in [3.63, 3.8) is 0 Å². The Labute approximate surface area is 84.7 Å².